The maximum atomic E-state index is 12.4. The summed E-state index contributed by atoms with van der Waals surface area (Å²) in [4.78, 5) is 19.3. The monoisotopic (exact) mass is 347 g/mol. The van der Waals surface area contributed by atoms with Gasteiger partial charge in [0.2, 0.25) is 0 Å². The van der Waals surface area contributed by atoms with Crippen molar-refractivity contribution < 1.29 is 4.79 Å². The van der Waals surface area contributed by atoms with Crippen molar-refractivity contribution in [3.8, 4) is 11.1 Å². The molecule has 0 radical (unpaired) electrons. The molecule has 26 heavy (non-hydrogen) atoms. The molecule has 0 spiro atoms. The Kier molecular flexibility index (Phi) is 3.71. The minimum absolute atomic E-state index is 0.0967. The molecule has 2 fully saturated rings. The maximum absolute atomic E-state index is 12.4. The van der Waals surface area contributed by atoms with Crippen molar-refractivity contribution in [1.29, 1.82) is 0 Å². The number of H-pyrrole nitrogens is 1. The van der Waals surface area contributed by atoms with Gasteiger partial charge in [0.15, 0.2) is 5.69 Å². The largest absolute Gasteiger partial charge is 0.348 e. The third-order valence-corrected chi connectivity index (χ3v) is 5.17. The Morgan fingerprint density at radius 1 is 1.19 bits per heavy atom. The van der Waals surface area contributed by atoms with Crippen LogP contribution in [0.1, 0.15) is 35.3 Å². The molecule has 2 N–H and O–H groups in total. The number of fused-ring (bicyclic) bond motifs is 1. The molecule has 5 rings (SSSR count). The minimum atomic E-state index is -0.0967. The molecule has 0 unspecified atom stereocenters. The quantitative estimate of drug-likeness (QED) is 0.744. The number of hydrogen-bond acceptors (Lipinski definition) is 4. The lowest BCUT2D eigenvalue weighted by molar-refractivity contribution is 0.0947. The van der Waals surface area contributed by atoms with Crippen LogP contribution in [0.25, 0.3) is 22.0 Å². The summed E-state index contributed by atoms with van der Waals surface area (Å²) >= 11 is 0. The first-order chi connectivity index (χ1) is 12.8. The molecule has 3 heterocycles. The average molecular weight is 347 g/mol. The lowest BCUT2D eigenvalue weighted by atomic mass is 10.0. The van der Waals surface area contributed by atoms with Gasteiger partial charge in [-0.3, -0.25) is 19.8 Å². The molecule has 1 saturated carbocycles. The van der Waals surface area contributed by atoms with Crippen LogP contribution < -0.4 is 5.32 Å². The molecule has 0 atom stereocenters. The van der Waals surface area contributed by atoms with Crippen LogP contribution in [-0.2, 0) is 6.54 Å². The number of aromatic nitrogens is 3. The Balaban J connectivity index is 1.46. The van der Waals surface area contributed by atoms with E-state index in [2.05, 4.69) is 31.5 Å². The number of amides is 1. The van der Waals surface area contributed by atoms with Crippen LogP contribution in [0, 0.1) is 0 Å². The number of hydrogen-bond donors (Lipinski definition) is 2. The summed E-state index contributed by atoms with van der Waals surface area (Å²) in [7, 11) is 0. The lowest BCUT2D eigenvalue weighted by Crippen LogP contribution is -2.36. The number of rotatable bonds is 5. The summed E-state index contributed by atoms with van der Waals surface area (Å²) in [6.45, 7) is 3.29. The number of nitrogens with zero attached hydrogens (tertiary/aromatic N) is 3. The number of aromatic amines is 1. The van der Waals surface area contributed by atoms with E-state index in [0.29, 0.717) is 11.7 Å². The lowest BCUT2D eigenvalue weighted by Gasteiger charge is -2.30. The second-order valence-corrected chi connectivity index (χ2v) is 7.29. The van der Waals surface area contributed by atoms with Crippen molar-refractivity contribution in [1.82, 2.24) is 25.4 Å². The molecule has 6 heteroatoms. The fourth-order valence-corrected chi connectivity index (χ4v) is 3.38. The van der Waals surface area contributed by atoms with E-state index < -0.39 is 0 Å². The molecule has 132 valence electrons. The van der Waals surface area contributed by atoms with Gasteiger partial charge >= 0.3 is 0 Å². The fraction of sp³-hybridized carbons (Fsp3) is 0.350. The zero-order valence-electron chi connectivity index (χ0n) is 14.5. The number of benzene rings is 1. The summed E-state index contributed by atoms with van der Waals surface area (Å²) < 4.78 is 0. The van der Waals surface area contributed by atoms with Crippen LogP contribution >= 0.6 is 0 Å². The third kappa shape index (κ3) is 2.97. The highest BCUT2D eigenvalue weighted by Gasteiger charge is 2.25. The van der Waals surface area contributed by atoms with E-state index in [-0.39, 0.29) is 5.91 Å². The number of carbonyl (C=O) groups excluding carboxylic acids is 1. The van der Waals surface area contributed by atoms with E-state index in [9.17, 15) is 4.79 Å². The molecule has 2 aliphatic rings. The molecular weight excluding hydrogens is 326 g/mol. The highest BCUT2D eigenvalue weighted by molar-refractivity contribution is 6.05. The van der Waals surface area contributed by atoms with Crippen molar-refractivity contribution in [3.63, 3.8) is 0 Å². The van der Waals surface area contributed by atoms with Gasteiger partial charge in [-0.25, -0.2) is 0 Å². The van der Waals surface area contributed by atoms with E-state index in [0.717, 1.165) is 41.4 Å². The number of nitrogens with one attached hydrogen (secondary N) is 2. The molecular formula is C20H21N5O. The standard InChI is InChI=1S/C20H21N5O/c26-20(22-16-3-4-16)19-17-9-14(2-5-18(17)23-24-19)15-8-13(10-21-11-15)12-25-6-1-7-25/h2,5,8-11,16H,1,3-4,6-7,12H2,(H,22,26)(H,23,24). The van der Waals surface area contributed by atoms with Gasteiger partial charge in [0.05, 0.1) is 5.52 Å². The maximum Gasteiger partial charge on any atom is 0.272 e. The molecule has 1 aliphatic heterocycles. The van der Waals surface area contributed by atoms with Gasteiger partial charge < -0.3 is 5.32 Å². The second-order valence-electron chi connectivity index (χ2n) is 7.29. The zero-order valence-corrected chi connectivity index (χ0v) is 14.5. The van der Waals surface area contributed by atoms with Crippen molar-refractivity contribution in [2.75, 3.05) is 13.1 Å². The number of likely N-dealkylation sites (tertiary alicyclic amines) is 1. The van der Waals surface area contributed by atoms with Crippen LogP contribution in [0.4, 0.5) is 0 Å². The van der Waals surface area contributed by atoms with Crippen molar-refractivity contribution >= 4 is 16.8 Å². The summed E-state index contributed by atoms with van der Waals surface area (Å²) in [5.74, 6) is -0.0967. The van der Waals surface area contributed by atoms with Crippen LogP contribution in [0.15, 0.2) is 36.7 Å². The number of carbonyl (C=O) groups is 1. The van der Waals surface area contributed by atoms with Gasteiger partial charge in [-0.1, -0.05) is 6.07 Å². The molecule has 1 amide bonds. The minimum Gasteiger partial charge on any atom is -0.348 e. The van der Waals surface area contributed by atoms with Gasteiger partial charge in [0.25, 0.3) is 5.91 Å². The predicted octanol–water partition coefficient (Wildman–Crippen LogP) is 2.72. The molecule has 6 nitrogen and oxygen atoms in total. The Morgan fingerprint density at radius 2 is 2.08 bits per heavy atom. The first kappa shape index (κ1) is 15.5. The van der Waals surface area contributed by atoms with Crippen LogP contribution in [0.2, 0.25) is 0 Å². The molecule has 0 bridgehead atoms. The van der Waals surface area contributed by atoms with Crippen molar-refractivity contribution in [2.45, 2.75) is 31.8 Å². The Bertz CT molecular complexity index is 971. The predicted molar refractivity (Wildman–Crippen MR) is 99.7 cm³/mol. The Labute approximate surface area is 151 Å². The van der Waals surface area contributed by atoms with E-state index in [4.69, 9.17) is 0 Å². The van der Waals surface area contributed by atoms with Crippen LogP contribution in [-0.4, -0.2) is 45.1 Å². The van der Waals surface area contributed by atoms with Gasteiger partial charge in [-0.2, -0.15) is 5.10 Å². The highest BCUT2D eigenvalue weighted by Crippen LogP contribution is 2.27. The van der Waals surface area contributed by atoms with Crippen molar-refractivity contribution in [2.24, 2.45) is 0 Å². The SMILES string of the molecule is O=C(NC1CC1)c1n[nH]c2ccc(-c3cncc(CN4CCC4)c3)cc12. The Hall–Kier alpha value is -2.73. The summed E-state index contributed by atoms with van der Waals surface area (Å²) in [6, 6.07) is 8.57. The van der Waals surface area contributed by atoms with Gasteiger partial charge in [-0.05, 0) is 61.7 Å². The van der Waals surface area contributed by atoms with Gasteiger partial charge in [0, 0.05) is 35.9 Å². The smallest absolute Gasteiger partial charge is 0.272 e. The van der Waals surface area contributed by atoms with E-state index in [1.54, 1.807) is 0 Å². The summed E-state index contributed by atoms with van der Waals surface area (Å²) in [5, 5.41) is 11.1. The summed E-state index contributed by atoms with van der Waals surface area (Å²) in [6.07, 6.45) is 7.23. The molecule has 1 aliphatic carbocycles. The average Bonchev–Trinajstić information content (AvgIpc) is 3.33. The van der Waals surface area contributed by atoms with E-state index in [1.807, 2.05) is 30.6 Å². The van der Waals surface area contributed by atoms with E-state index >= 15 is 0 Å². The highest BCUT2D eigenvalue weighted by atomic mass is 16.2. The van der Waals surface area contributed by atoms with Crippen molar-refractivity contribution in [3.05, 3.63) is 47.9 Å². The van der Waals surface area contributed by atoms with E-state index in [1.165, 1.54) is 25.1 Å². The second kappa shape index (κ2) is 6.21. The van der Waals surface area contributed by atoms with Crippen LogP contribution in [0.3, 0.4) is 0 Å². The molecule has 1 aromatic carbocycles. The third-order valence-electron chi connectivity index (χ3n) is 5.17. The normalized spacial score (nSPS) is 17.2. The van der Waals surface area contributed by atoms with Crippen LogP contribution in [0.5, 0.6) is 0 Å². The first-order valence-corrected chi connectivity index (χ1v) is 9.22. The number of pyridine rings is 1. The fourth-order valence-electron chi connectivity index (χ4n) is 3.38. The molecule has 3 aromatic rings. The zero-order chi connectivity index (χ0) is 17.5. The first-order valence-electron chi connectivity index (χ1n) is 9.22. The summed E-state index contributed by atoms with van der Waals surface area (Å²) in [5.41, 5.74) is 4.69. The molecule has 1 saturated heterocycles. The topological polar surface area (TPSA) is 73.9 Å². The van der Waals surface area contributed by atoms with Gasteiger partial charge in [-0.15, -0.1) is 0 Å². The van der Waals surface area contributed by atoms with Gasteiger partial charge in [0.1, 0.15) is 0 Å². The Morgan fingerprint density at radius 3 is 2.85 bits per heavy atom. The molecule has 2 aromatic heterocycles.